The van der Waals surface area contributed by atoms with Gasteiger partial charge in [0.2, 0.25) is 0 Å². The molecule has 6 heteroatoms. The summed E-state index contributed by atoms with van der Waals surface area (Å²) in [4.78, 5) is 10.5. The number of hydrogen-bond donors (Lipinski definition) is 1. The number of halogens is 3. The van der Waals surface area contributed by atoms with Crippen LogP contribution < -0.4 is 5.73 Å². The van der Waals surface area contributed by atoms with Crippen molar-refractivity contribution in [3.63, 3.8) is 0 Å². The van der Waals surface area contributed by atoms with E-state index in [9.17, 15) is 18.0 Å². The summed E-state index contributed by atoms with van der Waals surface area (Å²) in [6.45, 7) is 0. The van der Waals surface area contributed by atoms with Crippen LogP contribution in [0.15, 0.2) is 0 Å². The zero-order chi connectivity index (χ0) is 10.8. The lowest BCUT2D eigenvalue weighted by Crippen LogP contribution is -2.48. The minimum atomic E-state index is -4.95. The van der Waals surface area contributed by atoms with Crippen molar-refractivity contribution in [2.24, 2.45) is 5.73 Å². The van der Waals surface area contributed by atoms with Crippen LogP contribution in [-0.4, -0.2) is 17.9 Å². The largest absolute Gasteiger partial charge is 0.490 e. The van der Waals surface area contributed by atoms with Crippen LogP contribution in [0.3, 0.4) is 0 Å². The second-order valence-corrected chi connectivity index (χ2v) is 3.51. The van der Waals surface area contributed by atoms with Gasteiger partial charge in [-0.3, -0.25) is 5.73 Å². The third-order valence-electron chi connectivity index (χ3n) is 2.23. The minimum Gasteiger partial charge on any atom is -0.437 e. The van der Waals surface area contributed by atoms with Gasteiger partial charge in [0.05, 0.1) is 0 Å². The first-order chi connectivity index (χ1) is 6.33. The van der Waals surface area contributed by atoms with E-state index in [0.717, 1.165) is 6.42 Å². The second-order valence-electron chi connectivity index (χ2n) is 3.51. The van der Waals surface area contributed by atoms with Crippen LogP contribution in [0.4, 0.5) is 13.2 Å². The van der Waals surface area contributed by atoms with Crippen molar-refractivity contribution in [2.45, 2.75) is 44.0 Å². The Morgan fingerprint density at radius 2 is 1.71 bits per heavy atom. The Morgan fingerprint density at radius 3 is 2.14 bits per heavy atom. The first-order valence-electron chi connectivity index (χ1n) is 4.43. The highest BCUT2D eigenvalue weighted by atomic mass is 19.4. The SMILES string of the molecule is NC1(OC(=O)C(F)(F)F)CCCCC1. The molecule has 0 heterocycles. The summed E-state index contributed by atoms with van der Waals surface area (Å²) in [6, 6.07) is 0. The van der Waals surface area contributed by atoms with Crippen molar-refractivity contribution in [1.29, 1.82) is 0 Å². The van der Waals surface area contributed by atoms with E-state index in [2.05, 4.69) is 4.74 Å². The minimum absolute atomic E-state index is 0.300. The van der Waals surface area contributed by atoms with Crippen LogP contribution in [0.1, 0.15) is 32.1 Å². The molecule has 0 aromatic rings. The predicted molar refractivity (Wildman–Crippen MR) is 42.2 cm³/mol. The van der Waals surface area contributed by atoms with Crippen LogP contribution in [0, 0.1) is 0 Å². The molecule has 0 unspecified atom stereocenters. The van der Waals surface area contributed by atoms with E-state index in [1.165, 1.54) is 0 Å². The molecule has 1 fully saturated rings. The maximum atomic E-state index is 11.8. The fourth-order valence-electron chi connectivity index (χ4n) is 1.49. The fourth-order valence-corrected chi connectivity index (χ4v) is 1.49. The summed E-state index contributed by atoms with van der Waals surface area (Å²) in [5.74, 6) is -2.19. The number of carbonyl (C=O) groups excluding carboxylic acids is 1. The van der Waals surface area contributed by atoms with E-state index >= 15 is 0 Å². The molecule has 0 amide bonds. The van der Waals surface area contributed by atoms with Gasteiger partial charge < -0.3 is 4.74 Å². The van der Waals surface area contributed by atoms with Gasteiger partial charge in [-0.1, -0.05) is 6.42 Å². The quantitative estimate of drug-likeness (QED) is 0.530. The lowest BCUT2D eigenvalue weighted by Gasteiger charge is -2.32. The topological polar surface area (TPSA) is 52.3 Å². The maximum Gasteiger partial charge on any atom is 0.490 e. The average Bonchev–Trinajstić information content (AvgIpc) is 2.02. The molecule has 1 rings (SSSR count). The van der Waals surface area contributed by atoms with Gasteiger partial charge in [-0.05, 0) is 12.8 Å². The number of alkyl halides is 3. The lowest BCUT2D eigenvalue weighted by molar-refractivity contribution is -0.216. The third kappa shape index (κ3) is 2.87. The summed E-state index contributed by atoms with van der Waals surface area (Å²) in [5.41, 5.74) is 4.10. The normalized spacial score (nSPS) is 21.7. The Labute approximate surface area is 79.4 Å². The van der Waals surface area contributed by atoms with Gasteiger partial charge in [-0.25, -0.2) is 4.79 Å². The van der Waals surface area contributed by atoms with Gasteiger partial charge in [0, 0.05) is 12.8 Å². The lowest BCUT2D eigenvalue weighted by atomic mass is 9.92. The first-order valence-corrected chi connectivity index (χ1v) is 4.43. The number of nitrogens with two attached hydrogens (primary N) is 1. The molecule has 82 valence electrons. The van der Waals surface area contributed by atoms with Gasteiger partial charge in [0.1, 0.15) is 0 Å². The van der Waals surface area contributed by atoms with E-state index in [1.807, 2.05) is 0 Å². The highest BCUT2D eigenvalue weighted by Gasteiger charge is 2.45. The van der Waals surface area contributed by atoms with Gasteiger partial charge in [-0.15, -0.1) is 0 Å². The summed E-state index contributed by atoms with van der Waals surface area (Å²) in [5, 5.41) is 0. The van der Waals surface area contributed by atoms with Crippen molar-refractivity contribution in [3.05, 3.63) is 0 Å². The summed E-state index contributed by atoms with van der Waals surface area (Å²) >= 11 is 0. The highest BCUT2D eigenvalue weighted by molar-refractivity contribution is 5.76. The number of esters is 1. The molecular formula is C8H12F3NO2. The number of hydrogen-bond acceptors (Lipinski definition) is 3. The maximum absolute atomic E-state index is 11.8. The van der Waals surface area contributed by atoms with Gasteiger partial charge in [0.25, 0.3) is 0 Å². The van der Waals surface area contributed by atoms with E-state index in [-0.39, 0.29) is 0 Å². The summed E-state index contributed by atoms with van der Waals surface area (Å²) in [7, 11) is 0. The molecule has 0 bridgehead atoms. The molecule has 0 aromatic carbocycles. The van der Waals surface area contributed by atoms with E-state index in [4.69, 9.17) is 5.73 Å². The Bertz CT molecular complexity index is 221. The third-order valence-corrected chi connectivity index (χ3v) is 2.23. The highest BCUT2D eigenvalue weighted by Crippen LogP contribution is 2.29. The molecule has 1 saturated carbocycles. The van der Waals surface area contributed by atoms with Gasteiger partial charge in [0.15, 0.2) is 5.72 Å². The molecule has 1 aliphatic rings. The van der Waals surface area contributed by atoms with Crippen LogP contribution in [-0.2, 0) is 9.53 Å². The standard InChI is InChI=1S/C8H12F3NO2/c9-8(10,11)6(13)14-7(12)4-2-1-3-5-7/h1-5,12H2. The smallest absolute Gasteiger partial charge is 0.437 e. The Kier molecular flexibility index (Phi) is 3.04. The van der Waals surface area contributed by atoms with E-state index in [1.54, 1.807) is 0 Å². The average molecular weight is 211 g/mol. The van der Waals surface area contributed by atoms with Crippen LogP contribution >= 0.6 is 0 Å². The summed E-state index contributed by atoms with van der Waals surface area (Å²) < 4.78 is 39.8. The van der Waals surface area contributed by atoms with Gasteiger partial charge >= 0.3 is 12.1 Å². The van der Waals surface area contributed by atoms with Crippen LogP contribution in [0.25, 0.3) is 0 Å². The first kappa shape index (κ1) is 11.3. The Hall–Kier alpha value is -0.780. The molecule has 1 aliphatic carbocycles. The van der Waals surface area contributed by atoms with Crippen molar-refractivity contribution < 1.29 is 22.7 Å². The number of rotatable bonds is 1. The zero-order valence-corrected chi connectivity index (χ0v) is 7.56. The molecule has 14 heavy (non-hydrogen) atoms. The molecular weight excluding hydrogens is 199 g/mol. The Balaban J connectivity index is 2.54. The second kappa shape index (κ2) is 3.76. The van der Waals surface area contributed by atoms with Crippen molar-refractivity contribution in [3.8, 4) is 0 Å². The molecule has 0 spiro atoms. The molecule has 0 aliphatic heterocycles. The monoisotopic (exact) mass is 211 g/mol. The Morgan fingerprint density at radius 1 is 1.21 bits per heavy atom. The predicted octanol–water partition coefficient (Wildman–Crippen LogP) is 1.71. The molecule has 2 N–H and O–H groups in total. The molecule has 0 saturated heterocycles. The van der Waals surface area contributed by atoms with Crippen LogP contribution in [0.5, 0.6) is 0 Å². The zero-order valence-electron chi connectivity index (χ0n) is 7.56. The summed E-state index contributed by atoms with van der Waals surface area (Å²) in [6.07, 6.45) is -2.04. The number of ether oxygens (including phenoxy) is 1. The van der Waals surface area contributed by atoms with Gasteiger partial charge in [-0.2, -0.15) is 13.2 Å². The molecule has 0 aromatic heterocycles. The van der Waals surface area contributed by atoms with E-state index < -0.39 is 17.9 Å². The number of carbonyl (C=O) groups is 1. The van der Waals surface area contributed by atoms with Crippen molar-refractivity contribution >= 4 is 5.97 Å². The molecule has 3 nitrogen and oxygen atoms in total. The fraction of sp³-hybridized carbons (Fsp3) is 0.875. The van der Waals surface area contributed by atoms with Crippen molar-refractivity contribution in [1.82, 2.24) is 0 Å². The molecule has 0 radical (unpaired) electrons. The van der Waals surface area contributed by atoms with Crippen molar-refractivity contribution in [2.75, 3.05) is 0 Å². The molecule has 0 atom stereocenters. The van der Waals surface area contributed by atoms with Crippen LogP contribution in [0.2, 0.25) is 0 Å². The van der Waals surface area contributed by atoms with E-state index in [0.29, 0.717) is 25.7 Å².